The van der Waals surface area contributed by atoms with Crippen LogP contribution in [-0.2, 0) is 6.42 Å². The Labute approximate surface area is 128 Å². The van der Waals surface area contributed by atoms with Crippen LogP contribution in [0.2, 0.25) is 0 Å². The van der Waals surface area contributed by atoms with Crippen molar-refractivity contribution in [2.24, 2.45) is 0 Å². The SMILES string of the molecule is CCC(Cc1ccccc1)Nc1cc(F)c(Br)cc1C. The van der Waals surface area contributed by atoms with Crippen molar-refractivity contribution in [1.82, 2.24) is 0 Å². The topological polar surface area (TPSA) is 12.0 Å². The third-order valence-corrected chi connectivity index (χ3v) is 4.05. The van der Waals surface area contributed by atoms with Crippen LogP contribution < -0.4 is 5.32 Å². The highest BCUT2D eigenvalue weighted by molar-refractivity contribution is 9.10. The van der Waals surface area contributed by atoms with Gasteiger partial charge in [-0.1, -0.05) is 37.3 Å². The largest absolute Gasteiger partial charge is 0.382 e. The highest BCUT2D eigenvalue weighted by Gasteiger charge is 2.11. The van der Waals surface area contributed by atoms with Crippen LogP contribution in [0.15, 0.2) is 46.9 Å². The smallest absolute Gasteiger partial charge is 0.139 e. The summed E-state index contributed by atoms with van der Waals surface area (Å²) in [5.74, 6) is -0.229. The van der Waals surface area contributed by atoms with E-state index < -0.39 is 0 Å². The predicted molar refractivity (Wildman–Crippen MR) is 86.7 cm³/mol. The molecule has 0 bridgehead atoms. The van der Waals surface area contributed by atoms with Crippen molar-refractivity contribution in [3.05, 3.63) is 63.9 Å². The van der Waals surface area contributed by atoms with Gasteiger partial charge in [-0.25, -0.2) is 4.39 Å². The number of anilines is 1. The molecule has 20 heavy (non-hydrogen) atoms. The molecule has 0 aliphatic carbocycles. The quantitative estimate of drug-likeness (QED) is 0.778. The van der Waals surface area contributed by atoms with E-state index in [2.05, 4.69) is 40.3 Å². The minimum Gasteiger partial charge on any atom is -0.382 e. The second-order valence-corrected chi connectivity index (χ2v) is 5.87. The monoisotopic (exact) mass is 335 g/mol. The average Bonchev–Trinajstić information content (AvgIpc) is 2.45. The number of nitrogens with one attached hydrogen (secondary N) is 1. The molecule has 106 valence electrons. The lowest BCUT2D eigenvalue weighted by molar-refractivity contribution is 0.619. The van der Waals surface area contributed by atoms with Crippen LogP contribution in [-0.4, -0.2) is 6.04 Å². The van der Waals surface area contributed by atoms with Gasteiger partial charge in [0.2, 0.25) is 0 Å². The first-order valence-electron chi connectivity index (χ1n) is 6.86. The summed E-state index contributed by atoms with van der Waals surface area (Å²) in [5, 5.41) is 3.45. The molecule has 1 atom stereocenters. The van der Waals surface area contributed by atoms with Crippen molar-refractivity contribution in [3.8, 4) is 0 Å². The van der Waals surface area contributed by atoms with Gasteiger partial charge in [-0.3, -0.25) is 0 Å². The first kappa shape index (κ1) is 15.0. The van der Waals surface area contributed by atoms with Crippen LogP contribution in [0.5, 0.6) is 0 Å². The van der Waals surface area contributed by atoms with E-state index in [1.807, 2.05) is 31.2 Å². The number of rotatable bonds is 5. The zero-order valence-electron chi connectivity index (χ0n) is 11.8. The van der Waals surface area contributed by atoms with Gasteiger partial charge in [-0.15, -0.1) is 0 Å². The summed E-state index contributed by atoms with van der Waals surface area (Å²) in [6.45, 7) is 4.13. The first-order valence-corrected chi connectivity index (χ1v) is 7.65. The Morgan fingerprint density at radius 3 is 2.55 bits per heavy atom. The molecular weight excluding hydrogens is 317 g/mol. The summed E-state index contributed by atoms with van der Waals surface area (Å²) in [6.07, 6.45) is 1.93. The van der Waals surface area contributed by atoms with E-state index in [-0.39, 0.29) is 5.82 Å². The van der Waals surface area contributed by atoms with Crippen LogP contribution in [0.4, 0.5) is 10.1 Å². The van der Waals surface area contributed by atoms with E-state index in [4.69, 9.17) is 0 Å². The molecule has 0 amide bonds. The summed E-state index contributed by atoms with van der Waals surface area (Å²) >= 11 is 3.21. The Hall–Kier alpha value is -1.35. The van der Waals surface area contributed by atoms with Crippen LogP contribution in [0, 0.1) is 12.7 Å². The van der Waals surface area contributed by atoms with E-state index in [1.54, 1.807) is 6.07 Å². The van der Waals surface area contributed by atoms with Crippen molar-refractivity contribution in [1.29, 1.82) is 0 Å². The zero-order chi connectivity index (χ0) is 14.5. The molecule has 0 radical (unpaired) electrons. The van der Waals surface area contributed by atoms with Gasteiger partial charge >= 0.3 is 0 Å². The van der Waals surface area contributed by atoms with Gasteiger partial charge in [0.25, 0.3) is 0 Å². The highest BCUT2D eigenvalue weighted by atomic mass is 79.9. The van der Waals surface area contributed by atoms with E-state index in [0.29, 0.717) is 10.5 Å². The molecule has 0 saturated heterocycles. The second kappa shape index (κ2) is 6.89. The first-order chi connectivity index (χ1) is 9.60. The lowest BCUT2D eigenvalue weighted by Gasteiger charge is -2.20. The van der Waals surface area contributed by atoms with Crippen LogP contribution in [0.1, 0.15) is 24.5 Å². The highest BCUT2D eigenvalue weighted by Crippen LogP contribution is 2.25. The fraction of sp³-hybridized carbons (Fsp3) is 0.294. The molecule has 0 heterocycles. The maximum Gasteiger partial charge on any atom is 0.139 e. The zero-order valence-corrected chi connectivity index (χ0v) is 13.4. The third-order valence-electron chi connectivity index (χ3n) is 3.44. The van der Waals surface area contributed by atoms with Gasteiger partial charge in [0.05, 0.1) is 4.47 Å². The summed E-state index contributed by atoms with van der Waals surface area (Å²) in [5.41, 5.74) is 3.21. The summed E-state index contributed by atoms with van der Waals surface area (Å²) in [6, 6.07) is 14.0. The summed E-state index contributed by atoms with van der Waals surface area (Å²) in [7, 11) is 0. The molecule has 3 heteroatoms. The van der Waals surface area contributed by atoms with E-state index in [1.165, 1.54) is 5.56 Å². The molecule has 2 aromatic carbocycles. The maximum atomic E-state index is 13.7. The second-order valence-electron chi connectivity index (χ2n) is 5.02. The van der Waals surface area contributed by atoms with Gasteiger partial charge in [0, 0.05) is 11.7 Å². The molecule has 1 unspecified atom stereocenters. The summed E-state index contributed by atoms with van der Waals surface area (Å²) < 4.78 is 14.2. The molecular formula is C17H19BrFN. The van der Waals surface area contributed by atoms with Gasteiger partial charge in [0.1, 0.15) is 5.82 Å². The molecule has 0 fully saturated rings. The Kier molecular flexibility index (Phi) is 5.18. The Balaban J connectivity index is 2.12. The fourth-order valence-electron chi connectivity index (χ4n) is 2.22. The third kappa shape index (κ3) is 3.83. The molecule has 0 spiro atoms. The fourth-order valence-corrected chi connectivity index (χ4v) is 2.68. The molecule has 0 aromatic heterocycles. The normalized spacial score (nSPS) is 12.2. The standard InChI is InChI=1S/C17H19BrFN/c1-3-14(10-13-7-5-4-6-8-13)20-17-11-16(19)15(18)9-12(17)2/h4-9,11,14,20H,3,10H2,1-2H3. The van der Waals surface area contributed by atoms with Crippen LogP contribution >= 0.6 is 15.9 Å². The van der Waals surface area contributed by atoms with E-state index in [9.17, 15) is 4.39 Å². The molecule has 0 saturated carbocycles. The Morgan fingerprint density at radius 1 is 1.20 bits per heavy atom. The lowest BCUT2D eigenvalue weighted by Crippen LogP contribution is -2.22. The van der Waals surface area contributed by atoms with Gasteiger partial charge in [-0.05, 0) is 59.0 Å². The van der Waals surface area contributed by atoms with Crippen molar-refractivity contribution >= 4 is 21.6 Å². The number of hydrogen-bond donors (Lipinski definition) is 1. The van der Waals surface area contributed by atoms with Crippen molar-refractivity contribution in [2.75, 3.05) is 5.32 Å². The molecule has 1 N–H and O–H groups in total. The average molecular weight is 336 g/mol. The number of hydrogen-bond acceptors (Lipinski definition) is 1. The Morgan fingerprint density at radius 2 is 1.90 bits per heavy atom. The summed E-state index contributed by atoms with van der Waals surface area (Å²) in [4.78, 5) is 0. The van der Waals surface area contributed by atoms with Crippen molar-refractivity contribution in [3.63, 3.8) is 0 Å². The van der Waals surface area contributed by atoms with Crippen LogP contribution in [0.25, 0.3) is 0 Å². The molecule has 1 nitrogen and oxygen atoms in total. The number of halogens is 2. The van der Waals surface area contributed by atoms with Crippen molar-refractivity contribution in [2.45, 2.75) is 32.7 Å². The van der Waals surface area contributed by atoms with E-state index >= 15 is 0 Å². The van der Waals surface area contributed by atoms with Gasteiger partial charge < -0.3 is 5.32 Å². The molecule has 2 rings (SSSR count). The Bertz CT molecular complexity index is 569. The molecule has 0 aliphatic rings. The molecule has 2 aromatic rings. The molecule has 0 aliphatic heterocycles. The van der Waals surface area contributed by atoms with Gasteiger partial charge in [-0.2, -0.15) is 0 Å². The maximum absolute atomic E-state index is 13.7. The number of benzene rings is 2. The minimum absolute atomic E-state index is 0.229. The predicted octanol–water partition coefficient (Wildman–Crippen LogP) is 5.33. The van der Waals surface area contributed by atoms with Crippen LogP contribution in [0.3, 0.4) is 0 Å². The lowest BCUT2D eigenvalue weighted by atomic mass is 10.0. The van der Waals surface area contributed by atoms with E-state index in [0.717, 1.165) is 24.1 Å². The van der Waals surface area contributed by atoms with Crippen molar-refractivity contribution < 1.29 is 4.39 Å². The van der Waals surface area contributed by atoms with Gasteiger partial charge in [0.15, 0.2) is 0 Å². The number of aryl methyl sites for hydroxylation is 1. The minimum atomic E-state index is -0.229.